The summed E-state index contributed by atoms with van der Waals surface area (Å²) in [6.07, 6.45) is 2.04. The highest BCUT2D eigenvalue weighted by molar-refractivity contribution is 5.71. The molecule has 18 heavy (non-hydrogen) atoms. The summed E-state index contributed by atoms with van der Waals surface area (Å²) < 4.78 is 26.7. The van der Waals surface area contributed by atoms with Gasteiger partial charge in [-0.3, -0.25) is 4.79 Å². The largest absolute Gasteiger partial charge is 0.481 e. The fraction of sp³-hybridized carbons (Fsp3) is 0.500. The maximum absolute atomic E-state index is 13.8. The normalized spacial score (nSPS) is 28.1. The molecule has 1 fully saturated rings. The van der Waals surface area contributed by atoms with Gasteiger partial charge < -0.3 is 5.11 Å². The van der Waals surface area contributed by atoms with Crippen molar-refractivity contribution in [1.82, 2.24) is 0 Å². The summed E-state index contributed by atoms with van der Waals surface area (Å²) in [5.74, 6) is -2.72. The van der Waals surface area contributed by atoms with Gasteiger partial charge in [0.25, 0.3) is 0 Å². The second kappa shape index (κ2) is 5.04. The van der Waals surface area contributed by atoms with Crippen LogP contribution in [0.4, 0.5) is 8.78 Å². The van der Waals surface area contributed by atoms with Gasteiger partial charge >= 0.3 is 5.97 Å². The van der Waals surface area contributed by atoms with Gasteiger partial charge in [-0.15, -0.1) is 0 Å². The molecule has 0 heterocycles. The Morgan fingerprint density at radius 3 is 2.67 bits per heavy atom. The van der Waals surface area contributed by atoms with Gasteiger partial charge in [0, 0.05) is 12.0 Å². The number of hydrogen-bond donors (Lipinski definition) is 1. The van der Waals surface area contributed by atoms with Crippen molar-refractivity contribution in [3.05, 3.63) is 35.4 Å². The van der Waals surface area contributed by atoms with Crippen molar-refractivity contribution in [1.29, 1.82) is 0 Å². The molecule has 0 amide bonds. The Morgan fingerprint density at radius 2 is 2.06 bits per heavy atom. The lowest BCUT2D eigenvalue weighted by Gasteiger charge is -2.32. The minimum atomic E-state index is -0.893. The summed E-state index contributed by atoms with van der Waals surface area (Å²) >= 11 is 0. The Kier molecular flexibility index (Phi) is 3.64. The average molecular weight is 254 g/mol. The first-order chi connectivity index (χ1) is 8.49. The molecule has 1 aromatic rings. The van der Waals surface area contributed by atoms with E-state index in [0.717, 1.165) is 12.5 Å². The van der Waals surface area contributed by atoms with Crippen molar-refractivity contribution in [2.75, 3.05) is 0 Å². The van der Waals surface area contributed by atoms with E-state index in [1.807, 2.05) is 6.92 Å². The van der Waals surface area contributed by atoms with E-state index in [4.69, 9.17) is 0 Å². The second-order valence-electron chi connectivity index (χ2n) is 5.14. The predicted octanol–water partition coefficient (Wildman–Crippen LogP) is 3.57. The van der Waals surface area contributed by atoms with Crippen LogP contribution in [0.1, 0.15) is 37.7 Å². The molecule has 98 valence electrons. The Balaban J connectivity index is 2.35. The van der Waals surface area contributed by atoms with Crippen LogP contribution in [0.2, 0.25) is 0 Å². The zero-order valence-electron chi connectivity index (χ0n) is 10.2. The molecule has 1 saturated carbocycles. The van der Waals surface area contributed by atoms with E-state index in [1.165, 1.54) is 12.1 Å². The molecule has 2 nitrogen and oxygen atoms in total. The van der Waals surface area contributed by atoms with Crippen LogP contribution in [0.3, 0.4) is 0 Å². The first-order valence-corrected chi connectivity index (χ1v) is 6.16. The Labute approximate surface area is 105 Å². The standard InChI is InChI=1S/C14H16F2O2/c1-8-2-4-11(14(17)18)12(6-8)10-5-3-9(15)7-13(10)16/h3,5,7-8,11-12H,2,4,6H2,1H3,(H,17,18). The van der Waals surface area contributed by atoms with Gasteiger partial charge in [-0.1, -0.05) is 13.0 Å². The lowest BCUT2D eigenvalue weighted by atomic mass is 9.71. The van der Waals surface area contributed by atoms with Crippen LogP contribution < -0.4 is 0 Å². The van der Waals surface area contributed by atoms with Crippen molar-refractivity contribution >= 4 is 5.97 Å². The van der Waals surface area contributed by atoms with Crippen LogP contribution in [0.5, 0.6) is 0 Å². The summed E-state index contributed by atoms with van der Waals surface area (Å²) in [6.45, 7) is 2.03. The zero-order valence-corrected chi connectivity index (χ0v) is 10.2. The van der Waals surface area contributed by atoms with Gasteiger partial charge in [0.1, 0.15) is 11.6 Å². The fourth-order valence-electron chi connectivity index (χ4n) is 2.82. The van der Waals surface area contributed by atoms with Crippen molar-refractivity contribution in [2.24, 2.45) is 11.8 Å². The number of carboxylic acids is 1. The van der Waals surface area contributed by atoms with Gasteiger partial charge in [0.15, 0.2) is 0 Å². The molecular formula is C14H16F2O2. The van der Waals surface area contributed by atoms with Gasteiger partial charge in [-0.05, 0) is 36.8 Å². The van der Waals surface area contributed by atoms with Crippen LogP contribution in [-0.4, -0.2) is 11.1 Å². The SMILES string of the molecule is CC1CCC(C(=O)O)C(c2ccc(F)cc2F)C1. The molecule has 1 N–H and O–H groups in total. The van der Waals surface area contributed by atoms with Crippen molar-refractivity contribution in [3.8, 4) is 0 Å². The van der Waals surface area contributed by atoms with Crippen LogP contribution in [-0.2, 0) is 4.79 Å². The molecule has 3 unspecified atom stereocenters. The summed E-state index contributed by atoms with van der Waals surface area (Å²) in [5, 5.41) is 9.21. The lowest BCUT2D eigenvalue weighted by Crippen LogP contribution is -2.29. The van der Waals surface area contributed by atoms with Crippen LogP contribution in [0.25, 0.3) is 0 Å². The van der Waals surface area contributed by atoms with E-state index in [-0.39, 0.29) is 5.92 Å². The third-order valence-corrected chi connectivity index (χ3v) is 3.79. The number of carboxylic acid groups (broad SMARTS) is 1. The maximum atomic E-state index is 13.8. The minimum absolute atomic E-state index is 0.329. The topological polar surface area (TPSA) is 37.3 Å². The average Bonchev–Trinajstić information content (AvgIpc) is 2.28. The first-order valence-electron chi connectivity index (χ1n) is 6.16. The highest BCUT2D eigenvalue weighted by Gasteiger charge is 2.35. The zero-order chi connectivity index (χ0) is 13.3. The molecule has 0 bridgehead atoms. The van der Waals surface area contributed by atoms with Crippen molar-refractivity contribution < 1.29 is 18.7 Å². The van der Waals surface area contributed by atoms with Gasteiger partial charge in [0.05, 0.1) is 5.92 Å². The van der Waals surface area contributed by atoms with Crippen LogP contribution in [0.15, 0.2) is 18.2 Å². The molecule has 2 rings (SSSR count). The molecule has 1 aliphatic carbocycles. The Morgan fingerprint density at radius 1 is 1.33 bits per heavy atom. The summed E-state index contributed by atoms with van der Waals surface area (Å²) in [6, 6.07) is 3.40. The molecular weight excluding hydrogens is 238 g/mol. The van der Waals surface area contributed by atoms with E-state index in [1.54, 1.807) is 0 Å². The van der Waals surface area contributed by atoms with E-state index in [9.17, 15) is 18.7 Å². The van der Waals surface area contributed by atoms with E-state index in [0.29, 0.717) is 24.3 Å². The molecule has 0 radical (unpaired) electrons. The van der Waals surface area contributed by atoms with E-state index >= 15 is 0 Å². The van der Waals surface area contributed by atoms with Crippen molar-refractivity contribution in [3.63, 3.8) is 0 Å². The van der Waals surface area contributed by atoms with Gasteiger partial charge in [0.2, 0.25) is 0 Å². The van der Waals surface area contributed by atoms with Crippen molar-refractivity contribution in [2.45, 2.75) is 32.1 Å². The molecule has 4 heteroatoms. The van der Waals surface area contributed by atoms with Gasteiger partial charge in [-0.25, -0.2) is 8.78 Å². The molecule has 0 aliphatic heterocycles. The van der Waals surface area contributed by atoms with Crippen LogP contribution >= 0.6 is 0 Å². The Hall–Kier alpha value is -1.45. The second-order valence-corrected chi connectivity index (χ2v) is 5.14. The number of halogens is 2. The highest BCUT2D eigenvalue weighted by atomic mass is 19.1. The molecule has 0 aromatic heterocycles. The number of benzene rings is 1. The number of carbonyl (C=O) groups is 1. The fourth-order valence-corrected chi connectivity index (χ4v) is 2.82. The monoisotopic (exact) mass is 254 g/mol. The number of rotatable bonds is 2. The highest BCUT2D eigenvalue weighted by Crippen LogP contribution is 2.41. The third kappa shape index (κ3) is 2.52. The molecule has 0 spiro atoms. The predicted molar refractivity (Wildman–Crippen MR) is 63.2 cm³/mol. The van der Waals surface area contributed by atoms with E-state index < -0.39 is 23.5 Å². The maximum Gasteiger partial charge on any atom is 0.307 e. The summed E-state index contributed by atoms with van der Waals surface area (Å²) in [4.78, 5) is 11.2. The third-order valence-electron chi connectivity index (χ3n) is 3.79. The molecule has 0 saturated heterocycles. The van der Waals surface area contributed by atoms with E-state index in [2.05, 4.69) is 0 Å². The first kappa shape index (κ1) is 13.0. The van der Waals surface area contributed by atoms with Gasteiger partial charge in [-0.2, -0.15) is 0 Å². The van der Waals surface area contributed by atoms with Crippen LogP contribution in [0, 0.1) is 23.5 Å². The molecule has 1 aliphatic rings. The molecule has 1 aromatic carbocycles. The number of hydrogen-bond acceptors (Lipinski definition) is 1. The smallest absolute Gasteiger partial charge is 0.307 e. The lowest BCUT2D eigenvalue weighted by molar-refractivity contribution is -0.143. The summed E-state index contributed by atoms with van der Waals surface area (Å²) in [7, 11) is 0. The quantitative estimate of drug-likeness (QED) is 0.876. The molecule has 3 atom stereocenters. The minimum Gasteiger partial charge on any atom is -0.481 e. The Bertz CT molecular complexity index is 459. The number of aliphatic carboxylic acids is 1. The summed E-state index contributed by atoms with van der Waals surface area (Å²) in [5.41, 5.74) is 0.329.